The van der Waals surface area contributed by atoms with Gasteiger partial charge in [-0.25, -0.2) is 14.6 Å². The molecule has 0 saturated heterocycles. The van der Waals surface area contributed by atoms with Crippen LogP contribution in [0.25, 0.3) is 10.6 Å². The van der Waals surface area contributed by atoms with Gasteiger partial charge in [0, 0.05) is 17.5 Å². The number of carbonyl (C=O) groups excluding carboxylic acids is 3. The van der Waals surface area contributed by atoms with Crippen molar-refractivity contribution in [3.63, 3.8) is 0 Å². The van der Waals surface area contributed by atoms with Crippen LogP contribution >= 0.6 is 11.3 Å². The van der Waals surface area contributed by atoms with Crippen molar-refractivity contribution in [1.29, 1.82) is 0 Å². The van der Waals surface area contributed by atoms with E-state index in [0.29, 0.717) is 11.6 Å². The Hall–Kier alpha value is -3.54. The Morgan fingerprint density at radius 2 is 1.68 bits per heavy atom. The molecule has 0 saturated carbocycles. The molecule has 2 N–H and O–H groups in total. The Kier molecular flexibility index (Phi) is 10.6. The van der Waals surface area contributed by atoms with Gasteiger partial charge in [0.1, 0.15) is 23.4 Å². The number of thiazole rings is 1. The van der Waals surface area contributed by atoms with E-state index in [2.05, 4.69) is 49.5 Å². The molecule has 0 spiro atoms. The summed E-state index contributed by atoms with van der Waals surface area (Å²) in [6, 6.07) is 16.0. The fourth-order valence-electron chi connectivity index (χ4n) is 3.28. The highest BCUT2D eigenvalue weighted by Gasteiger charge is 2.38. The number of nitrogens with one attached hydrogen (secondary N) is 2. The molecule has 0 aliphatic carbocycles. The largest absolute Gasteiger partial charge is 0.467 e. The lowest BCUT2D eigenvalue weighted by Crippen LogP contribution is -2.49. The van der Waals surface area contributed by atoms with Gasteiger partial charge in [0.15, 0.2) is 8.32 Å². The molecule has 1 aromatic heterocycles. The second-order valence-corrected chi connectivity index (χ2v) is 16.4. The summed E-state index contributed by atoms with van der Waals surface area (Å²) in [5.74, 6) is -1.06. The molecule has 0 unspecified atom stereocenters. The van der Waals surface area contributed by atoms with Crippen LogP contribution in [0.3, 0.4) is 0 Å². The molecule has 1 atom stereocenters. The van der Waals surface area contributed by atoms with Gasteiger partial charge in [0.25, 0.3) is 5.91 Å². The molecule has 9 nitrogen and oxygen atoms in total. The minimum Gasteiger partial charge on any atom is -0.467 e. The summed E-state index contributed by atoms with van der Waals surface area (Å²) >= 11 is 1.31. The quantitative estimate of drug-likeness (QED) is 0.225. The summed E-state index contributed by atoms with van der Waals surface area (Å²) in [6.07, 6.45) is -0.497. The molecule has 0 fully saturated rings. The Balaban J connectivity index is 1.55. The van der Waals surface area contributed by atoms with Gasteiger partial charge in [0.05, 0.1) is 13.7 Å². The van der Waals surface area contributed by atoms with E-state index >= 15 is 0 Å². The molecule has 0 radical (unpaired) electrons. The number of hydrogen-bond donors (Lipinski definition) is 2. The lowest BCUT2D eigenvalue weighted by atomic mass is 10.1. The van der Waals surface area contributed by atoms with Crippen LogP contribution in [0.4, 0.5) is 4.79 Å². The maximum Gasteiger partial charge on any atom is 0.407 e. The van der Waals surface area contributed by atoms with Gasteiger partial charge >= 0.3 is 12.1 Å². The molecule has 1 heterocycles. The Labute approximate surface area is 240 Å². The van der Waals surface area contributed by atoms with E-state index < -0.39 is 32.3 Å². The van der Waals surface area contributed by atoms with Gasteiger partial charge in [-0.1, -0.05) is 75.4 Å². The van der Waals surface area contributed by atoms with Gasteiger partial charge < -0.3 is 24.5 Å². The van der Waals surface area contributed by atoms with Crippen LogP contribution in [-0.4, -0.2) is 51.0 Å². The smallest absolute Gasteiger partial charge is 0.407 e. The predicted molar refractivity (Wildman–Crippen MR) is 157 cm³/mol. The predicted octanol–water partition coefficient (Wildman–Crippen LogP) is 5.53. The number of amides is 2. The van der Waals surface area contributed by atoms with E-state index in [0.717, 1.165) is 16.7 Å². The second kappa shape index (κ2) is 13.7. The normalized spacial score (nSPS) is 12.3. The first-order chi connectivity index (χ1) is 18.9. The highest BCUT2D eigenvalue weighted by molar-refractivity contribution is 7.13. The molecule has 0 aliphatic heterocycles. The van der Waals surface area contributed by atoms with Crippen LogP contribution in [0.5, 0.6) is 0 Å². The van der Waals surface area contributed by atoms with Crippen molar-refractivity contribution < 1.29 is 28.3 Å². The second-order valence-electron chi connectivity index (χ2n) is 10.8. The third kappa shape index (κ3) is 8.73. The van der Waals surface area contributed by atoms with Crippen molar-refractivity contribution in [3.8, 4) is 10.6 Å². The number of esters is 1. The lowest BCUT2D eigenvalue weighted by molar-refractivity contribution is -0.143. The molecule has 3 aromatic rings. The van der Waals surface area contributed by atoms with Crippen molar-refractivity contribution >= 4 is 37.6 Å². The van der Waals surface area contributed by atoms with Crippen LogP contribution in [0.2, 0.25) is 18.1 Å². The van der Waals surface area contributed by atoms with Crippen molar-refractivity contribution in [3.05, 3.63) is 76.8 Å². The maximum absolute atomic E-state index is 12.9. The number of hydrogen-bond acceptors (Lipinski definition) is 8. The van der Waals surface area contributed by atoms with Crippen molar-refractivity contribution in [2.24, 2.45) is 0 Å². The highest BCUT2D eigenvalue weighted by Crippen LogP contribution is 2.36. The van der Waals surface area contributed by atoms with Crippen molar-refractivity contribution in [2.45, 2.75) is 58.1 Å². The van der Waals surface area contributed by atoms with Crippen LogP contribution in [0, 0.1) is 0 Å². The summed E-state index contributed by atoms with van der Waals surface area (Å²) in [7, 11) is -0.858. The Morgan fingerprint density at radius 1 is 1.00 bits per heavy atom. The number of benzene rings is 2. The Morgan fingerprint density at radius 3 is 2.30 bits per heavy atom. The molecular formula is C29H37N3O6SSi. The van der Waals surface area contributed by atoms with Gasteiger partial charge in [-0.05, 0) is 29.3 Å². The third-order valence-electron chi connectivity index (χ3n) is 6.80. The molecule has 11 heteroatoms. The molecule has 40 heavy (non-hydrogen) atoms. The van der Waals surface area contributed by atoms with E-state index in [1.165, 1.54) is 18.4 Å². The first-order valence-electron chi connectivity index (χ1n) is 12.9. The highest BCUT2D eigenvalue weighted by atomic mass is 32.1. The zero-order valence-electron chi connectivity index (χ0n) is 23.8. The standard InChI is InChI=1S/C29H37N3O6SSi/c1-29(2,3)40(5,6)38-18-23(27(34)36-4)31-25(33)24-19-39-26(32-24)22-14-12-21(13-15-22)17-37-28(35)30-16-20-10-8-7-9-11-20/h7-15,19,23H,16-18H2,1-6H3,(H,30,35)(H,31,33)/t23-/m0/s1. The number of alkyl carbamates (subject to hydrolysis) is 1. The van der Waals surface area contributed by atoms with Crippen LogP contribution < -0.4 is 10.6 Å². The molecular weight excluding hydrogens is 546 g/mol. The first kappa shape index (κ1) is 31.0. The first-order valence-corrected chi connectivity index (χ1v) is 16.7. The van der Waals surface area contributed by atoms with E-state index in [-0.39, 0.29) is 23.9 Å². The van der Waals surface area contributed by atoms with Gasteiger partial charge in [0.2, 0.25) is 0 Å². The minimum absolute atomic E-state index is 0.0275. The van der Waals surface area contributed by atoms with Crippen molar-refractivity contribution in [1.82, 2.24) is 15.6 Å². The number of ether oxygens (including phenoxy) is 2. The van der Waals surface area contributed by atoms with Crippen LogP contribution in [-0.2, 0) is 31.8 Å². The molecule has 0 bridgehead atoms. The fourth-order valence-corrected chi connectivity index (χ4v) is 5.10. The SMILES string of the molecule is COC(=O)[C@H](CO[Si](C)(C)C(C)(C)C)NC(=O)c1csc(-c2ccc(COC(=O)NCc3ccccc3)cc2)n1. The summed E-state index contributed by atoms with van der Waals surface area (Å²) in [4.78, 5) is 41.7. The van der Waals surface area contributed by atoms with Gasteiger partial charge in [-0.3, -0.25) is 4.79 Å². The molecule has 3 rings (SSSR count). The summed E-state index contributed by atoms with van der Waals surface area (Å²) in [5.41, 5.74) is 2.81. The third-order valence-corrected chi connectivity index (χ3v) is 12.2. The van der Waals surface area contributed by atoms with E-state index in [1.807, 2.05) is 54.6 Å². The number of nitrogens with zero attached hydrogens (tertiary/aromatic N) is 1. The number of aromatic nitrogens is 1. The maximum atomic E-state index is 12.9. The van der Waals surface area contributed by atoms with E-state index in [4.69, 9.17) is 13.9 Å². The average Bonchev–Trinajstić information content (AvgIpc) is 3.43. The average molecular weight is 584 g/mol. The van der Waals surface area contributed by atoms with E-state index in [9.17, 15) is 14.4 Å². The monoisotopic (exact) mass is 583 g/mol. The number of carbonyl (C=O) groups is 3. The van der Waals surface area contributed by atoms with Crippen LogP contribution in [0.15, 0.2) is 60.0 Å². The summed E-state index contributed by atoms with van der Waals surface area (Å²) in [6.45, 7) is 11.0. The van der Waals surface area contributed by atoms with E-state index in [1.54, 1.807) is 5.38 Å². The topological polar surface area (TPSA) is 116 Å². The molecule has 0 aliphatic rings. The van der Waals surface area contributed by atoms with Crippen molar-refractivity contribution in [2.75, 3.05) is 13.7 Å². The minimum atomic E-state index is -2.14. The zero-order chi connectivity index (χ0) is 29.3. The van der Waals surface area contributed by atoms with Crippen LogP contribution in [0.1, 0.15) is 42.4 Å². The molecule has 2 amide bonds. The lowest BCUT2D eigenvalue weighted by Gasteiger charge is -2.37. The number of methoxy groups -OCH3 is 1. The van der Waals surface area contributed by atoms with Gasteiger partial charge in [-0.15, -0.1) is 11.3 Å². The fraction of sp³-hybridized carbons (Fsp3) is 0.379. The van der Waals surface area contributed by atoms with Gasteiger partial charge in [-0.2, -0.15) is 0 Å². The number of rotatable bonds is 11. The zero-order valence-corrected chi connectivity index (χ0v) is 25.6. The molecule has 214 valence electrons. The Bertz CT molecular complexity index is 1290. The summed E-state index contributed by atoms with van der Waals surface area (Å²) in [5, 5.41) is 7.67. The summed E-state index contributed by atoms with van der Waals surface area (Å²) < 4.78 is 16.3. The molecule has 2 aromatic carbocycles.